The highest BCUT2D eigenvalue weighted by atomic mass is 16.6. The second kappa shape index (κ2) is 12.9. The molecule has 2 unspecified atom stereocenters. The van der Waals surface area contributed by atoms with Crippen LogP contribution in [-0.4, -0.2) is 62.0 Å². The molecule has 2 aromatic rings. The van der Waals surface area contributed by atoms with Crippen LogP contribution in [0, 0.1) is 0 Å². The largest absolute Gasteiger partial charge is 0.494 e. The van der Waals surface area contributed by atoms with Gasteiger partial charge in [0, 0.05) is 13.2 Å². The van der Waals surface area contributed by atoms with Crippen LogP contribution in [0.2, 0.25) is 0 Å². The lowest BCUT2D eigenvalue weighted by atomic mass is 10.1. The fourth-order valence-corrected chi connectivity index (χ4v) is 3.83. The molecule has 0 aromatic heterocycles. The predicted molar refractivity (Wildman–Crippen MR) is 127 cm³/mol. The number of nitrogens with one attached hydrogen (secondary N) is 1. The molecule has 1 amide bonds. The monoisotopic (exact) mass is 459 g/mol. The van der Waals surface area contributed by atoms with E-state index in [4.69, 9.17) is 18.9 Å². The molecule has 7 heteroatoms. The molecule has 1 saturated heterocycles. The van der Waals surface area contributed by atoms with Crippen molar-refractivity contribution in [1.29, 1.82) is 0 Å². The second-order valence-electron chi connectivity index (χ2n) is 8.90. The third kappa shape index (κ3) is 9.29. The Balaban J connectivity index is 1.21. The van der Waals surface area contributed by atoms with Crippen molar-refractivity contribution in [3.63, 3.8) is 0 Å². The molecule has 0 bridgehead atoms. The lowest BCUT2D eigenvalue weighted by Crippen LogP contribution is -2.34. The van der Waals surface area contributed by atoms with E-state index < -0.39 is 5.79 Å². The molecule has 1 aliphatic heterocycles. The molecule has 1 fully saturated rings. The summed E-state index contributed by atoms with van der Waals surface area (Å²) in [4.78, 5) is 12.1. The normalized spacial score (nSPS) is 18.5. The van der Waals surface area contributed by atoms with E-state index in [1.807, 2.05) is 18.2 Å². The molecule has 3 rings (SSSR count). The molecular formula is C26H37NO6. The molecule has 0 aliphatic carbocycles. The first kappa shape index (κ1) is 25.4. The number of carbonyl (C=O) groups is 1. The van der Waals surface area contributed by atoms with Crippen molar-refractivity contribution in [3.8, 4) is 5.75 Å². The summed E-state index contributed by atoms with van der Waals surface area (Å²) < 4.78 is 22.6. The summed E-state index contributed by atoms with van der Waals surface area (Å²) in [6.45, 7) is 5.50. The molecule has 182 valence electrons. The van der Waals surface area contributed by atoms with E-state index in [9.17, 15) is 9.90 Å². The Morgan fingerprint density at radius 1 is 1.12 bits per heavy atom. The Hall–Kier alpha value is -2.19. The number of aliphatic hydroxyl groups is 1. The van der Waals surface area contributed by atoms with Crippen LogP contribution < -0.4 is 10.1 Å². The predicted octanol–water partition coefficient (Wildman–Crippen LogP) is 3.81. The van der Waals surface area contributed by atoms with Crippen LogP contribution in [0.25, 0.3) is 10.8 Å². The number of hydrogen-bond acceptors (Lipinski definition) is 6. The Morgan fingerprint density at radius 2 is 1.94 bits per heavy atom. The van der Waals surface area contributed by atoms with E-state index in [2.05, 4.69) is 29.6 Å². The van der Waals surface area contributed by atoms with Gasteiger partial charge in [-0.1, -0.05) is 30.3 Å². The summed E-state index contributed by atoms with van der Waals surface area (Å²) in [7, 11) is 0. The first-order valence-corrected chi connectivity index (χ1v) is 11.9. The SMILES string of the molecule is CC(C)(O)OCCC1OCCC1OCC(=O)NCCCCCOc1ccc2ccccc2c1. The van der Waals surface area contributed by atoms with E-state index in [-0.39, 0.29) is 24.7 Å². The number of unbranched alkanes of at least 4 members (excludes halogenated alkanes) is 2. The van der Waals surface area contributed by atoms with E-state index in [1.165, 1.54) is 10.8 Å². The van der Waals surface area contributed by atoms with Crippen molar-refractivity contribution in [1.82, 2.24) is 5.32 Å². The summed E-state index contributed by atoms with van der Waals surface area (Å²) in [5.41, 5.74) is 0. The quantitative estimate of drug-likeness (QED) is 0.330. The van der Waals surface area contributed by atoms with E-state index in [0.717, 1.165) is 31.4 Å². The van der Waals surface area contributed by atoms with Gasteiger partial charge in [0.05, 0.1) is 25.4 Å². The zero-order valence-electron chi connectivity index (χ0n) is 19.8. The van der Waals surface area contributed by atoms with Crippen molar-refractivity contribution in [3.05, 3.63) is 42.5 Å². The molecule has 0 spiro atoms. The van der Waals surface area contributed by atoms with Crippen LogP contribution in [0.3, 0.4) is 0 Å². The highest BCUT2D eigenvalue weighted by molar-refractivity contribution is 5.83. The van der Waals surface area contributed by atoms with Gasteiger partial charge in [-0.15, -0.1) is 0 Å². The minimum atomic E-state index is -1.16. The highest BCUT2D eigenvalue weighted by Gasteiger charge is 2.30. The van der Waals surface area contributed by atoms with Crippen molar-refractivity contribution in [2.75, 3.05) is 33.0 Å². The first-order chi connectivity index (χ1) is 15.9. The van der Waals surface area contributed by atoms with Gasteiger partial charge in [-0.05, 0) is 68.9 Å². The van der Waals surface area contributed by atoms with Gasteiger partial charge in [-0.25, -0.2) is 0 Å². The second-order valence-corrected chi connectivity index (χ2v) is 8.90. The lowest BCUT2D eigenvalue weighted by Gasteiger charge is -2.22. The maximum Gasteiger partial charge on any atom is 0.246 e. The molecule has 1 heterocycles. The number of fused-ring (bicyclic) bond motifs is 1. The fourth-order valence-electron chi connectivity index (χ4n) is 3.83. The zero-order chi connectivity index (χ0) is 23.5. The topological polar surface area (TPSA) is 86.3 Å². The van der Waals surface area contributed by atoms with E-state index >= 15 is 0 Å². The maximum atomic E-state index is 12.1. The lowest BCUT2D eigenvalue weighted by molar-refractivity contribution is -0.181. The molecule has 0 saturated carbocycles. The van der Waals surface area contributed by atoms with Crippen LogP contribution in [0.5, 0.6) is 5.75 Å². The molecule has 0 radical (unpaired) electrons. The summed E-state index contributed by atoms with van der Waals surface area (Å²) in [6, 6.07) is 14.4. The van der Waals surface area contributed by atoms with E-state index in [1.54, 1.807) is 13.8 Å². The Morgan fingerprint density at radius 3 is 2.76 bits per heavy atom. The molecule has 2 aromatic carbocycles. The molecule has 33 heavy (non-hydrogen) atoms. The fraction of sp³-hybridized carbons (Fsp3) is 0.577. The number of hydrogen-bond donors (Lipinski definition) is 2. The van der Waals surface area contributed by atoms with Gasteiger partial charge in [0.25, 0.3) is 0 Å². The number of ether oxygens (including phenoxy) is 4. The van der Waals surface area contributed by atoms with Gasteiger partial charge in [-0.2, -0.15) is 0 Å². The summed E-state index contributed by atoms with van der Waals surface area (Å²) in [5.74, 6) is -0.377. The average Bonchev–Trinajstić information content (AvgIpc) is 3.23. The minimum Gasteiger partial charge on any atom is -0.494 e. The summed E-state index contributed by atoms with van der Waals surface area (Å²) in [6.07, 6.45) is 3.98. The smallest absolute Gasteiger partial charge is 0.246 e. The molecule has 1 aliphatic rings. The van der Waals surface area contributed by atoms with Crippen molar-refractivity contribution in [2.24, 2.45) is 0 Å². The van der Waals surface area contributed by atoms with Gasteiger partial charge in [-0.3, -0.25) is 4.79 Å². The minimum absolute atomic E-state index is 0.0297. The third-order valence-electron chi connectivity index (χ3n) is 5.57. The van der Waals surface area contributed by atoms with Gasteiger partial charge in [0.15, 0.2) is 5.79 Å². The number of carbonyl (C=O) groups excluding carboxylic acids is 1. The molecule has 2 atom stereocenters. The van der Waals surface area contributed by atoms with Gasteiger partial charge in [0.1, 0.15) is 12.4 Å². The first-order valence-electron chi connectivity index (χ1n) is 11.9. The maximum absolute atomic E-state index is 12.1. The van der Waals surface area contributed by atoms with Crippen molar-refractivity contribution in [2.45, 2.75) is 63.9 Å². The van der Waals surface area contributed by atoms with Crippen molar-refractivity contribution < 1.29 is 28.8 Å². The van der Waals surface area contributed by atoms with Gasteiger partial charge >= 0.3 is 0 Å². The Labute approximate surface area is 196 Å². The van der Waals surface area contributed by atoms with E-state index in [0.29, 0.717) is 32.8 Å². The number of amides is 1. The molecule has 2 N–H and O–H groups in total. The van der Waals surface area contributed by atoms with Gasteiger partial charge < -0.3 is 29.4 Å². The summed E-state index contributed by atoms with van der Waals surface area (Å²) in [5, 5.41) is 14.9. The van der Waals surface area contributed by atoms with Crippen LogP contribution in [-0.2, 0) is 19.0 Å². The third-order valence-corrected chi connectivity index (χ3v) is 5.57. The molecule has 7 nitrogen and oxygen atoms in total. The Bertz CT molecular complexity index is 865. The molecular weight excluding hydrogens is 422 g/mol. The standard InChI is InChI=1S/C26H37NO6/c1-26(2,29)33-17-13-23-24(12-16-31-23)32-19-25(28)27-14-6-3-7-15-30-22-11-10-20-8-4-5-9-21(20)18-22/h4-5,8-11,18,23-24,29H,3,6-7,12-17,19H2,1-2H3,(H,27,28). The number of rotatable bonds is 14. The van der Waals surface area contributed by atoms with Gasteiger partial charge in [0.2, 0.25) is 5.91 Å². The van der Waals surface area contributed by atoms with Crippen LogP contribution in [0.1, 0.15) is 46.0 Å². The van der Waals surface area contributed by atoms with Crippen LogP contribution >= 0.6 is 0 Å². The van der Waals surface area contributed by atoms with Crippen LogP contribution in [0.15, 0.2) is 42.5 Å². The zero-order valence-corrected chi connectivity index (χ0v) is 19.8. The Kier molecular flexibility index (Phi) is 9.94. The average molecular weight is 460 g/mol. The summed E-state index contributed by atoms with van der Waals surface area (Å²) >= 11 is 0. The van der Waals surface area contributed by atoms with Crippen LogP contribution in [0.4, 0.5) is 0 Å². The number of benzene rings is 2. The highest BCUT2D eigenvalue weighted by Crippen LogP contribution is 2.22. The van der Waals surface area contributed by atoms with Crippen molar-refractivity contribution >= 4 is 16.7 Å².